The maximum absolute atomic E-state index is 13.7. The molecule has 1 aromatic rings. The summed E-state index contributed by atoms with van der Waals surface area (Å²) in [5.41, 5.74) is 0.584. The number of aliphatic hydroxyl groups is 1. The molecular formula is C33H52BN3O7. The molecule has 10 nitrogen and oxygen atoms in total. The van der Waals surface area contributed by atoms with E-state index in [2.05, 4.69) is 50.6 Å². The lowest BCUT2D eigenvalue weighted by Crippen LogP contribution is -2.65. The van der Waals surface area contributed by atoms with Gasteiger partial charge in [0.15, 0.2) is 0 Å². The average molecular weight is 614 g/mol. The van der Waals surface area contributed by atoms with Crippen molar-refractivity contribution in [3.63, 3.8) is 0 Å². The molecule has 1 aromatic carbocycles. The molecule has 0 unspecified atom stereocenters. The number of alkyl carbamates (subject to hydrolysis) is 1. The molecule has 3 aliphatic carbocycles. The monoisotopic (exact) mass is 613 g/mol. The zero-order valence-electron chi connectivity index (χ0n) is 27.6. The van der Waals surface area contributed by atoms with Crippen LogP contribution < -0.4 is 16.0 Å². The van der Waals surface area contributed by atoms with Gasteiger partial charge in [0.2, 0.25) is 11.8 Å². The van der Waals surface area contributed by atoms with Crippen molar-refractivity contribution in [2.24, 2.45) is 29.1 Å². The Morgan fingerprint density at radius 1 is 0.955 bits per heavy atom. The van der Waals surface area contributed by atoms with Crippen LogP contribution in [0.5, 0.6) is 0 Å². The Hall–Kier alpha value is -2.63. The van der Waals surface area contributed by atoms with Crippen molar-refractivity contribution in [2.45, 2.75) is 124 Å². The molecule has 11 heteroatoms. The standard InChI is InChI=1S/C33H52BN3O7/c1-19(2)14-24(35-31(41)42-18-22-12-10-9-11-13-22)29(39)37-28(21(5)38)30(40)36-27(15-20(3)4)34-43-26-17-23-16-25(32(23,6)7)33(26,8)44-34/h9-13,19-21,23-28,38H,14-18H2,1-8H3,(H,35,41)(H,36,40)(H,37,39)/t21-,23-,24+,25-,26-,27+,28+,33+/m1/s1. The van der Waals surface area contributed by atoms with Gasteiger partial charge in [-0.15, -0.1) is 0 Å². The molecule has 1 aliphatic heterocycles. The van der Waals surface area contributed by atoms with E-state index in [1.54, 1.807) is 0 Å². The molecule has 0 aromatic heterocycles. The first-order valence-corrected chi connectivity index (χ1v) is 16.2. The fraction of sp³-hybridized carbons (Fsp3) is 0.727. The van der Waals surface area contributed by atoms with Crippen molar-refractivity contribution in [1.29, 1.82) is 0 Å². The predicted molar refractivity (Wildman–Crippen MR) is 168 cm³/mol. The Balaban J connectivity index is 1.41. The van der Waals surface area contributed by atoms with E-state index < -0.39 is 54.8 Å². The Labute approximate surface area is 262 Å². The summed E-state index contributed by atoms with van der Waals surface area (Å²) in [6.45, 7) is 16.2. The summed E-state index contributed by atoms with van der Waals surface area (Å²) < 4.78 is 18.5. The van der Waals surface area contributed by atoms with Crippen LogP contribution in [0.1, 0.15) is 86.6 Å². The first-order valence-electron chi connectivity index (χ1n) is 16.2. The Kier molecular flexibility index (Phi) is 10.7. The molecule has 8 atom stereocenters. The molecular weight excluding hydrogens is 561 g/mol. The zero-order chi connectivity index (χ0) is 32.4. The minimum Gasteiger partial charge on any atom is -0.445 e. The molecule has 3 saturated carbocycles. The summed E-state index contributed by atoms with van der Waals surface area (Å²) in [5, 5.41) is 19.0. The van der Waals surface area contributed by atoms with Gasteiger partial charge in [-0.1, -0.05) is 71.9 Å². The van der Waals surface area contributed by atoms with E-state index >= 15 is 0 Å². The quantitative estimate of drug-likeness (QED) is 0.247. The second-order valence-corrected chi connectivity index (χ2v) is 14.7. The largest absolute Gasteiger partial charge is 0.481 e. The molecule has 44 heavy (non-hydrogen) atoms. The lowest BCUT2D eigenvalue weighted by Gasteiger charge is -2.64. The van der Waals surface area contributed by atoms with E-state index in [1.165, 1.54) is 6.92 Å². The van der Waals surface area contributed by atoms with Crippen molar-refractivity contribution in [2.75, 3.05) is 0 Å². The number of ether oxygens (including phenoxy) is 1. The number of aliphatic hydroxyl groups excluding tert-OH is 1. The van der Waals surface area contributed by atoms with Crippen molar-refractivity contribution < 1.29 is 33.5 Å². The summed E-state index contributed by atoms with van der Waals surface area (Å²) >= 11 is 0. The number of amides is 3. The highest BCUT2D eigenvalue weighted by Gasteiger charge is 2.68. The zero-order valence-corrected chi connectivity index (χ0v) is 27.6. The smallest absolute Gasteiger partial charge is 0.445 e. The van der Waals surface area contributed by atoms with Crippen molar-refractivity contribution in [1.82, 2.24) is 16.0 Å². The molecule has 5 rings (SSSR count). The minimum atomic E-state index is -1.25. The molecule has 0 spiro atoms. The van der Waals surface area contributed by atoms with Crippen LogP contribution >= 0.6 is 0 Å². The van der Waals surface area contributed by atoms with Gasteiger partial charge in [0.05, 0.1) is 23.8 Å². The maximum atomic E-state index is 13.7. The van der Waals surface area contributed by atoms with Gasteiger partial charge in [-0.25, -0.2) is 4.79 Å². The molecule has 4 N–H and O–H groups in total. The SMILES string of the molecule is CC(C)C[C@H](NC(=O)[C@@H](NC(=O)[C@H](CC(C)C)NC(=O)OCc1ccccc1)[C@@H](C)O)B1O[C@@H]2C[C@H]3C[C@H](C3(C)C)[C@]2(C)O1. The molecule has 4 fully saturated rings. The summed E-state index contributed by atoms with van der Waals surface area (Å²) in [6, 6.07) is 7.03. The Morgan fingerprint density at radius 2 is 1.61 bits per heavy atom. The van der Waals surface area contributed by atoms with Crippen LogP contribution in [0, 0.1) is 29.1 Å². The van der Waals surface area contributed by atoms with Crippen LogP contribution in [0.2, 0.25) is 0 Å². The van der Waals surface area contributed by atoms with Crippen LogP contribution in [0.15, 0.2) is 30.3 Å². The number of benzene rings is 1. The third-order valence-corrected chi connectivity index (χ3v) is 9.94. The third-order valence-electron chi connectivity index (χ3n) is 9.94. The lowest BCUT2D eigenvalue weighted by atomic mass is 9.43. The Bertz CT molecular complexity index is 1160. The normalized spacial score (nSPS) is 27.9. The van der Waals surface area contributed by atoms with Crippen LogP contribution in [-0.2, 0) is 30.2 Å². The molecule has 3 amide bonds. The highest BCUT2D eigenvalue weighted by atomic mass is 16.7. The number of hydrogen-bond donors (Lipinski definition) is 4. The van der Waals surface area contributed by atoms with Crippen LogP contribution in [0.4, 0.5) is 4.79 Å². The van der Waals surface area contributed by atoms with Gasteiger partial charge in [-0.3, -0.25) is 9.59 Å². The van der Waals surface area contributed by atoms with Gasteiger partial charge in [0.1, 0.15) is 18.7 Å². The van der Waals surface area contributed by atoms with Crippen molar-refractivity contribution in [3.8, 4) is 0 Å². The van der Waals surface area contributed by atoms with E-state index in [9.17, 15) is 19.5 Å². The topological polar surface area (TPSA) is 135 Å². The van der Waals surface area contributed by atoms with E-state index in [0.29, 0.717) is 24.7 Å². The third kappa shape index (κ3) is 7.60. The highest BCUT2D eigenvalue weighted by molar-refractivity contribution is 6.48. The molecule has 4 aliphatic rings. The van der Waals surface area contributed by atoms with Gasteiger partial charge in [-0.2, -0.15) is 0 Å². The fourth-order valence-corrected chi connectivity index (χ4v) is 7.36. The van der Waals surface area contributed by atoms with Gasteiger partial charge in [0, 0.05) is 0 Å². The minimum absolute atomic E-state index is 0.0346. The summed E-state index contributed by atoms with van der Waals surface area (Å²) in [6.07, 6.45) is 1.01. The first kappa shape index (κ1) is 34.3. The lowest BCUT2D eigenvalue weighted by molar-refractivity contribution is -0.199. The second-order valence-electron chi connectivity index (χ2n) is 14.7. The van der Waals surface area contributed by atoms with Gasteiger partial charge >= 0.3 is 13.2 Å². The summed E-state index contributed by atoms with van der Waals surface area (Å²) in [4.78, 5) is 39.7. The average Bonchev–Trinajstić information content (AvgIpc) is 3.31. The number of nitrogens with one attached hydrogen (secondary N) is 3. The predicted octanol–water partition coefficient (Wildman–Crippen LogP) is 3.99. The van der Waals surface area contributed by atoms with E-state index in [4.69, 9.17) is 14.0 Å². The Morgan fingerprint density at radius 3 is 2.20 bits per heavy atom. The summed E-state index contributed by atoms with van der Waals surface area (Å²) in [5.74, 6) is -0.309. The number of hydrogen-bond acceptors (Lipinski definition) is 7. The molecule has 0 radical (unpaired) electrons. The summed E-state index contributed by atoms with van der Waals surface area (Å²) in [7, 11) is -0.633. The first-order chi connectivity index (χ1) is 20.6. The van der Waals surface area contributed by atoms with E-state index in [0.717, 1.165) is 18.4 Å². The number of rotatable bonds is 13. The van der Waals surface area contributed by atoms with E-state index in [-0.39, 0.29) is 30.0 Å². The van der Waals surface area contributed by atoms with Crippen molar-refractivity contribution >= 4 is 25.0 Å². The second kappa shape index (κ2) is 13.8. The van der Waals surface area contributed by atoms with E-state index in [1.807, 2.05) is 44.2 Å². The molecule has 244 valence electrons. The highest BCUT2D eigenvalue weighted by Crippen LogP contribution is 2.65. The maximum Gasteiger partial charge on any atom is 0.481 e. The van der Waals surface area contributed by atoms with Gasteiger partial charge in [0.25, 0.3) is 0 Å². The van der Waals surface area contributed by atoms with Gasteiger partial charge in [-0.05, 0) is 74.2 Å². The number of carbonyl (C=O) groups excluding carboxylic acids is 3. The number of carbonyl (C=O) groups is 3. The van der Waals surface area contributed by atoms with Crippen LogP contribution in [0.25, 0.3) is 0 Å². The molecule has 2 bridgehead atoms. The van der Waals surface area contributed by atoms with Crippen molar-refractivity contribution in [3.05, 3.63) is 35.9 Å². The van der Waals surface area contributed by atoms with Gasteiger partial charge < -0.3 is 35.1 Å². The fourth-order valence-electron chi connectivity index (χ4n) is 7.36. The molecule has 1 heterocycles. The van der Waals surface area contributed by atoms with Crippen LogP contribution in [0.3, 0.4) is 0 Å². The molecule has 1 saturated heterocycles. The van der Waals surface area contributed by atoms with Crippen LogP contribution in [-0.4, -0.2) is 66.0 Å².